The van der Waals surface area contributed by atoms with Crippen molar-refractivity contribution < 1.29 is 32.7 Å². The highest BCUT2D eigenvalue weighted by Gasteiger charge is 2.47. The van der Waals surface area contributed by atoms with Crippen molar-refractivity contribution in [1.29, 1.82) is 0 Å². The lowest BCUT2D eigenvalue weighted by Crippen LogP contribution is -2.53. The van der Waals surface area contributed by atoms with E-state index in [0.29, 0.717) is 84.7 Å². The van der Waals surface area contributed by atoms with Gasteiger partial charge in [0.15, 0.2) is 17.2 Å². The lowest BCUT2D eigenvalue weighted by molar-refractivity contribution is -0.123. The van der Waals surface area contributed by atoms with E-state index in [1.165, 1.54) is 4.90 Å². The number of halogens is 3. The minimum Gasteiger partial charge on any atom is -0.385 e. The second-order valence-corrected chi connectivity index (χ2v) is 20.1. The summed E-state index contributed by atoms with van der Waals surface area (Å²) in [6, 6.07) is 10.8. The number of ether oxygens (including phenoxy) is 1. The minimum atomic E-state index is -2.83. The van der Waals surface area contributed by atoms with Crippen LogP contribution in [0.25, 0.3) is 5.65 Å². The number of likely N-dealkylation sites (tertiary alicyclic amines) is 3. The molecule has 16 nitrogen and oxygen atoms in total. The molecule has 2 aromatic heterocycles. The Labute approximate surface area is 399 Å². The number of amides is 5. The van der Waals surface area contributed by atoms with Gasteiger partial charge in [0.1, 0.15) is 0 Å². The smallest absolute Gasteiger partial charge is 0.328 e. The van der Waals surface area contributed by atoms with Crippen molar-refractivity contribution in [3.8, 4) is 0 Å². The lowest BCUT2D eigenvalue weighted by atomic mass is 9.71. The number of methoxy groups -OCH3 is 1. The van der Waals surface area contributed by atoms with E-state index in [4.69, 9.17) is 21.4 Å². The number of fused-ring (bicyclic) bond motifs is 2. The fourth-order valence-corrected chi connectivity index (χ4v) is 11.6. The van der Waals surface area contributed by atoms with E-state index in [-0.39, 0.29) is 54.8 Å². The normalized spacial score (nSPS) is 24.0. The van der Waals surface area contributed by atoms with E-state index in [1.807, 2.05) is 29.0 Å². The largest absolute Gasteiger partial charge is 0.385 e. The maximum absolute atomic E-state index is 16.1. The van der Waals surface area contributed by atoms with E-state index in [1.54, 1.807) is 36.9 Å². The Kier molecular flexibility index (Phi) is 12.6. The predicted octanol–water partition coefficient (Wildman–Crippen LogP) is 6.26. The summed E-state index contributed by atoms with van der Waals surface area (Å²) in [4.78, 5) is 65.6. The maximum atomic E-state index is 16.1. The molecule has 0 bridgehead atoms. The van der Waals surface area contributed by atoms with Gasteiger partial charge in [-0.3, -0.25) is 29.5 Å². The van der Waals surface area contributed by atoms with Crippen LogP contribution in [0.5, 0.6) is 0 Å². The molecule has 19 heteroatoms. The van der Waals surface area contributed by atoms with Gasteiger partial charge >= 0.3 is 6.03 Å². The third-order valence-corrected chi connectivity index (χ3v) is 16.2. The Hall–Kier alpha value is -5.43. The van der Waals surface area contributed by atoms with Crippen LogP contribution < -0.4 is 25.8 Å². The molecule has 1 spiro atoms. The molecule has 10 rings (SSSR count). The second kappa shape index (κ2) is 18.5. The van der Waals surface area contributed by atoms with Crippen LogP contribution in [-0.2, 0) is 22.5 Å². The van der Waals surface area contributed by atoms with Crippen molar-refractivity contribution in [3.05, 3.63) is 75.6 Å². The first-order valence-electron chi connectivity index (χ1n) is 24.0. The van der Waals surface area contributed by atoms with Gasteiger partial charge in [-0.25, -0.2) is 23.1 Å². The fourth-order valence-electron chi connectivity index (χ4n) is 11.4. The Morgan fingerprint density at radius 1 is 0.926 bits per heavy atom. The monoisotopic (exact) mass is 955 g/mol. The first kappa shape index (κ1) is 46.3. The highest BCUT2D eigenvalue weighted by molar-refractivity contribution is 6.35. The van der Waals surface area contributed by atoms with Gasteiger partial charge in [0.05, 0.1) is 41.3 Å². The summed E-state index contributed by atoms with van der Waals surface area (Å²) in [6.45, 7) is 6.48. The molecule has 1 aliphatic carbocycles. The fraction of sp³-hybridized carbons (Fsp3) is 0.551. The molecule has 5 amide bonds. The molecule has 3 atom stereocenters. The molecule has 2 aromatic carbocycles. The maximum Gasteiger partial charge on any atom is 0.328 e. The number of nitrogens with zero attached hydrogens (tertiary/aromatic N) is 8. The SMILES string of the molecule is CNc1cc(N2CCc3c(CN4CC[C@@H](CN5CCC6(CC5)CCN(C(=O)c5cc(C)c(Cl)c(N7CCC(=O)NC7=O)c5)CC6)C(F)(F)C4)cccc32)nn2c(C(=O)N[C@@H]3CC[C@H]3OC)cnc12. The van der Waals surface area contributed by atoms with Crippen LogP contribution in [0.1, 0.15) is 88.9 Å². The summed E-state index contributed by atoms with van der Waals surface area (Å²) in [6.07, 6.45) is 8.13. The van der Waals surface area contributed by atoms with Crippen molar-refractivity contribution in [2.24, 2.45) is 11.3 Å². The van der Waals surface area contributed by atoms with Gasteiger partial charge in [-0.05, 0) is 118 Å². The van der Waals surface area contributed by atoms with Crippen LogP contribution in [0.2, 0.25) is 5.02 Å². The van der Waals surface area contributed by atoms with Crippen molar-refractivity contribution in [2.75, 3.05) is 88.2 Å². The number of benzene rings is 2. The van der Waals surface area contributed by atoms with Crippen LogP contribution in [0.3, 0.4) is 0 Å². The molecular weight excluding hydrogens is 896 g/mol. The second-order valence-electron chi connectivity index (χ2n) is 19.7. The quantitative estimate of drug-likeness (QED) is 0.156. The molecule has 4 saturated heterocycles. The summed E-state index contributed by atoms with van der Waals surface area (Å²) in [5.74, 6) is -3.62. The number of urea groups is 1. The summed E-state index contributed by atoms with van der Waals surface area (Å²) in [5, 5.41) is 13.9. The highest BCUT2D eigenvalue weighted by atomic mass is 35.5. The number of aryl methyl sites for hydroxylation is 1. The van der Waals surface area contributed by atoms with Crippen LogP contribution in [-0.4, -0.2) is 144 Å². The predicted molar refractivity (Wildman–Crippen MR) is 254 cm³/mol. The standard InChI is InChI=1S/C49H60ClF2N11O5/c1-30-23-32(24-38(43(30)50)62-18-11-42(64)56-47(62)67)46(66)60-21-14-48(15-22-60)12-19-58(20-13-48)28-33-9-16-59(29-49(33,51)52)27-31-5-4-6-37-34(31)10-17-61(37)41-25-36(53-2)44-54-26-39(63(44)57-41)45(65)55-35-7-8-40(35)68-3/h4-6,23-26,33,35,40,53H,7-22,27-29H2,1-3H3,(H,55,65)(H,56,64,67)/t33-,35+,40+/m0/s1. The number of imidazole rings is 1. The number of hydrogen-bond donors (Lipinski definition) is 3. The summed E-state index contributed by atoms with van der Waals surface area (Å²) in [7, 11) is 3.47. The molecule has 1 saturated carbocycles. The number of piperidine rings is 3. The first-order valence-corrected chi connectivity index (χ1v) is 24.4. The number of carbonyl (C=O) groups is 4. The van der Waals surface area contributed by atoms with Gasteiger partial charge in [-0.1, -0.05) is 23.7 Å². The third-order valence-electron chi connectivity index (χ3n) is 15.7. The first-order chi connectivity index (χ1) is 32.7. The topological polar surface area (TPSA) is 160 Å². The number of aromatic nitrogens is 3. The minimum absolute atomic E-state index is 0.00531. The third kappa shape index (κ3) is 8.77. The molecular formula is C49H60ClF2N11O5. The zero-order valence-corrected chi connectivity index (χ0v) is 39.7. The van der Waals surface area contributed by atoms with E-state index < -0.39 is 17.9 Å². The van der Waals surface area contributed by atoms with Gasteiger partial charge in [0.25, 0.3) is 17.7 Å². The molecule has 0 unspecified atom stereocenters. The van der Waals surface area contributed by atoms with Crippen molar-refractivity contribution >= 4 is 63.9 Å². The molecule has 68 heavy (non-hydrogen) atoms. The van der Waals surface area contributed by atoms with E-state index in [9.17, 15) is 19.2 Å². The van der Waals surface area contributed by atoms with Gasteiger partial charge < -0.3 is 30.1 Å². The molecule has 7 heterocycles. The van der Waals surface area contributed by atoms with Crippen LogP contribution >= 0.6 is 11.6 Å². The molecule has 4 aromatic rings. The highest BCUT2D eigenvalue weighted by Crippen LogP contribution is 2.44. The molecule has 0 radical (unpaired) electrons. The van der Waals surface area contributed by atoms with Crippen molar-refractivity contribution in [1.82, 2.24) is 39.9 Å². The number of alkyl halides is 2. The summed E-state index contributed by atoms with van der Waals surface area (Å²) >= 11 is 6.60. The number of imide groups is 1. The number of rotatable bonds is 11. The van der Waals surface area contributed by atoms with E-state index in [0.717, 1.165) is 80.5 Å². The number of hydrogen-bond acceptors (Lipinski definition) is 11. The van der Waals surface area contributed by atoms with Crippen molar-refractivity contribution in [2.45, 2.75) is 89.3 Å². The van der Waals surface area contributed by atoms with Gasteiger partial charge in [0.2, 0.25) is 5.91 Å². The average Bonchev–Trinajstić information content (AvgIpc) is 3.96. The Bertz CT molecular complexity index is 2630. The molecule has 3 N–H and O–H groups in total. The van der Waals surface area contributed by atoms with Crippen molar-refractivity contribution in [3.63, 3.8) is 0 Å². The molecule has 6 aliphatic rings. The number of nitrogens with one attached hydrogen (secondary N) is 3. The van der Waals surface area contributed by atoms with Gasteiger partial charge in [0, 0.05) is 83.1 Å². The van der Waals surface area contributed by atoms with Crippen LogP contribution in [0, 0.1) is 18.3 Å². The number of anilines is 4. The molecule has 362 valence electrons. The zero-order chi connectivity index (χ0) is 47.5. The number of carbonyl (C=O) groups excluding carboxylic acids is 4. The molecule has 5 aliphatic heterocycles. The Morgan fingerprint density at radius 3 is 2.40 bits per heavy atom. The zero-order valence-electron chi connectivity index (χ0n) is 39.0. The Balaban J connectivity index is 0.729. The van der Waals surface area contributed by atoms with Crippen LogP contribution in [0.15, 0.2) is 42.6 Å². The van der Waals surface area contributed by atoms with Crippen LogP contribution in [0.4, 0.5) is 36.5 Å². The summed E-state index contributed by atoms with van der Waals surface area (Å²) < 4.78 is 39.3. The molecule has 5 fully saturated rings. The van der Waals surface area contributed by atoms with E-state index in [2.05, 4.69) is 42.9 Å². The summed E-state index contributed by atoms with van der Waals surface area (Å²) in [5.41, 5.74) is 6.37. The van der Waals surface area contributed by atoms with E-state index >= 15 is 8.78 Å². The average molecular weight is 957 g/mol. The lowest BCUT2D eigenvalue weighted by Gasteiger charge is -2.48. The van der Waals surface area contributed by atoms with Gasteiger partial charge in [-0.15, -0.1) is 5.10 Å². The van der Waals surface area contributed by atoms with Gasteiger partial charge in [-0.2, -0.15) is 0 Å². The Morgan fingerprint density at radius 2 is 1.69 bits per heavy atom.